The van der Waals surface area contributed by atoms with Crippen molar-refractivity contribution in [3.05, 3.63) is 60.7 Å². The van der Waals surface area contributed by atoms with Crippen molar-refractivity contribution in [1.82, 2.24) is 24.8 Å². The van der Waals surface area contributed by atoms with Crippen molar-refractivity contribution < 1.29 is 4.79 Å². The van der Waals surface area contributed by atoms with E-state index in [0.717, 1.165) is 59.8 Å². The number of nitrogens with zero attached hydrogens (tertiary/aromatic N) is 6. The predicted octanol–water partition coefficient (Wildman–Crippen LogP) is 2.99. The van der Waals surface area contributed by atoms with Gasteiger partial charge in [0.15, 0.2) is 5.82 Å². The van der Waals surface area contributed by atoms with Gasteiger partial charge in [0, 0.05) is 55.0 Å². The largest absolute Gasteiger partial charge is 0.361 e. The van der Waals surface area contributed by atoms with Crippen molar-refractivity contribution in [2.24, 2.45) is 0 Å². The Morgan fingerprint density at radius 2 is 1.88 bits per heavy atom. The Morgan fingerprint density at radius 3 is 2.75 bits per heavy atom. The van der Waals surface area contributed by atoms with Crippen LogP contribution in [0, 0.1) is 0 Å². The summed E-state index contributed by atoms with van der Waals surface area (Å²) in [5.74, 6) is 1.55. The van der Waals surface area contributed by atoms with Crippen LogP contribution in [0.3, 0.4) is 0 Å². The van der Waals surface area contributed by atoms with Crippen LogP contribution in [-0.4, -0.2) is 64.0 Å². The number of anilines is 3. The summed E-state index contributed by atoms with van der Waals surface area (Å²) in [6.45, 7) is 3.94. The minimum Gasteiger partial charge on any atom is -0.361 e. The number of aromatic amines is 1. The van der Waals surface area contributed by atoms with E-state index in [-0.39, 0.29) is 12.3 Å². The van der Waals surface area contributed by atoms with E-state index in [9.17, 15) is 4.79 Å². The summed E-state index contributed by atoms with van der Waals surface area (Å²) < 4.78 is 0. The molecule has 1 N–H and O–H groups in total. The van der Waals surface area contributed by atoms with Gasteiger partial charge in [-0.1, -0.05) is 0 Å². The van der Waals surface area contributed by atoms with Gasteiger partial charge in [-0.05, 0) is 43.4 Å². The zero-order chi connectivity index (χ0) is 21.7. The van der Waals surface area contributed by atoms with Crippen molar-refractivity contribution >= 4 is 34.1 Å². The molecule has 0 aliphatic carbocycles. The van der Waals surface area contributed by atoms with Gasteiger partial charge in [-0.2, -0.15) is 0 Å². The third-order valence-corrected chi connectivity index (χ3v) is 6.27. The summed E-state index contributed by atoms with van der Waals surface area (Å²) in [5, 5.41) is 1.05. The van der Waals surface area contributed by atoms with E-state index in [1.54, 1.807) is 11.1 Å². The summed E-state index contributed by atoms with van der Waals surface area (Å²) in [7, 11) is 2.14. The molecule has 3 aromatic heterocycles. The topological polar surface area (TPSA) is 81.3 Å². The Morgan fingerprint density at radius 1 is 1.00 bits per heavy atom. The molecular formula is C24H23N7O. The monoisotopic (exact) mass is 425 g/mol. The predicted molar refractivity (Wildman–Crippen MR) is 124 cm³/mol. The number of piperazine rings is 1. The Kier molecular flexibility index (Phi) is 4.39. The normalized spacial score (nSPS) is 16.7. The fourth-order valence-electron chi connectivity index (χ4n) is 4.42. The number of carbonyl (C=O) groups is 1. The van der Waals surface area contributed by atoms with Crippen LogP contribution in [0.15, 0.2) is 55.0 Å². The van der Waals surface area contributed by atoms with Gasteiger partial charge in [0.1, 0.15) is 5.82 Å². The number of likely N-dealkylation sites (N-methyl/N-ethyl adjacent to an activating group) is 1. The van der Waals surface area contributed by atoms with Gasteiger partial charge in [0.2, 0.25) is 5.91 Å². The Hall–Kier alpha value is -3.78. The summed E-state index contributed by atoms with van der Waals surface area (Å²) in [6, 6.07) is 11.9. The van der Waals surface area contributed by atoms with Crippen molar-refractivity contribution in [2.45, 2.75) is 6.42 Å². The number of carbonyl (C=O) groups excluding carboxylic acids is 1. The SMILES string of the molecule is CN1CCN(c2cc(-c3cnc4c(n3)N(c3ccc5[nH]ccc5c3)C(=O)C4)ccn2)CC1. The highest BCUT2D eigenvalue weighted by Crippen LogP contribution is 2.35. The molecule has 2 aliphatic rings. The van der Waals surface area contributed by atoms with Crippen molar-refractivity contribution in [3.63, 3.8) is 0 Å². The molecule has 6 rings (SSSR count). The third kappa shape index (κ3) is 3.20. The van der Waals surface area contributed by atoms with Crippen LogP contribution in [0.2, 0.25) is 0 Å². The average molecular weight is 425 g/mol. The molecule has 1 saturated heterocycles. The molecule has 0 unspecified atom stereocenters. The fraction of sp³-hybridized carbons (Fsp3) is 0.250. The molecule has 1 aromatic carbocycles. The first-order valence-corrected chi connectivity index (χ1v) is 10.8. The lowest BCUT2D eigenvalue weighted by atomic mass is 10.2. The number of benzene rings is 1. The highest BCUT2D eigenvalue weighted by atomic mass is 16.2. The number of fused-ring (bicyclic) bond motifs is 2. The number of amides is 1. The Labute approximate surface area is 185 Å². The maximum atomic E-state index is 12.9. The molecule has 0 radical (unpaired) electrons. The molecule has 32 heavy (non-hydrogen) atoms. The zero-order valence-electron chi connectivity index (χ0n) is 17.8. The van der Waals surface area contributed by atoms with Gasteiger partial charge in [-0.15, -0.1) is 0 Å². The second kappa shape index (κ2) is 7.42. The van der Waals surface area contributed by atoms with E-state index < -0.39 is 0 Å². The minimum absolute atomic E-state index is 0.0140. The van der Waals surface area contributed by atoms with E-state index in [1.807, 2.05) is 42.7 Å². The first-order chi connectivity index (χ1) is 15.7. The van der Waals surface area contributed by atoms with Crippen LogP contribution >= 0.6 is 0 Å². The molecule has 1 fully saturated rings. The second-order valence-electron chi connectivity index (χ2n) is 8.37. The maximum absolute atomic E-state index is 12.9. The van der Waals surface area contributed by atoms with Crippen LogP contribution in [0.4, 0.5) is 17.3 Å². The number of rotatable bonds is 3. The summed E-state index contributed by atoms with van der Waals surface area (Å²) >= 11 is 0. The van der Waals surface area contributed by atoms with E-state index >= 15 is 0 Å². The quantitative estimate of drug-likeness (QED) is 0.544. The van der Waals surface area contributed by atoms with Gasteiger partial charge in [-0.3, -0.25) is 14.7 Å². The zero-order valence-corrected chi connectivity index (χ0v) is 17.8. The van der Waals surface area contributed by atoms with Crippen LogP contribution in [0.1, 0.15) is 5.69 Å². The van der Waals surface area contributed by atoms with Gasteiger partial charge < -0.3 is 14.8 Å². The van der Waals surface area contributed by atoms with Gasteiger partial charge in [0.05, 0.1) is 29.7 Å². The fourth-order valence-corrected chi connectivity index (χ4v) is 4.42. The maximum Gasteiger partial charge on any atom is 0.238 e. The van der Waals surface area contributed by atoms with E-state index in [4.69, 9.17) is 4.98 Å². The van der Waals surface area contributed by atoms with Crippen LogP contribution in [0.5, 0.6) is 0 Å². The highest BCUT2D eigenvalue weighted by Gasteiger charge is 2.32. The molecule has 0 atom stereocenters. The second-order valence-corrected chi connectivity index (χ2v) is 8.37. The smallest absolute Gasteiger partial charge is 0.238 e. The van der Waals surface area contributed by atoms with Gasteiger partial charge >= 0.3 is 0 Å². The number of hydrogen-bond donors (Lipinski definition) is 1. The summed E-state index contributed by atoms with van der Waals surface area (Å²) in [5.41, 5.74) is 4.24. The molecule has 5 heterocycles. The molecule has 0 spiro atoms. The van der Waals surface area contributed by atoms with Crippen molar-refractivity contribution in [1.29, 1.82) is 0 Å². The van der Waals surface area contributed by atoms with Crippen LogP contribution < -0.4 is 9.80 Å². The lowest BCUT2D eigenvalue weighted by molar-refractivity contribution is -0.116. The van der Waals surface area contributed by atoms with E-state index in [2.05, 4.69) is 37.9 Å². The number of aromatic nitrogens is 4. The van der Waals surface area contributed by atoms with Crippen molar-refractivity contribution in [2.75, 3.05) is 43.0 Å². The molecule has 1 amide bonds. The van der Waals surface area contributed by atoms with Crippen LogP contribution in [-0.2, 0) is 11.2 Å². The number of nitrogens with one attached hydrogen (secondary N) is 1. The lowest BCUT2D eigenvalue weighted by Gasteiger charge is -2.33. The van der Waals surface area contributed by atoms with Gasteiger partial charge in [-0.25, -0.2) is 9.97 Å². The summed E-state index contributed by atoms with van der Waals surface area (Å²) in [6.07, 6.45) is 5.74. The van der Waals surface area contributed by atoms with E-state index in [0.29, 0.717) is 11.5 Å². The molecular weight excluding hydrogens is 402 g/mol. The molecule has 8 nitrogen and oxygen atoms in total. The number of pyridine rings is 1. The first-order valence-electron chi connectivity index (χ1n) is 10.8. The van der Waals surface area contributed by atoms with Crippen LogP contribution in [0.25, 0.3) is 22.2 Å². The third-order valence-electron chi connectivity index (χ3n) is 6.27. The standard InChI is InChI=1S/C24H23N7O/c1-29-8-10-30(11-9-29)22-13-17(5-7-26-22)21-15-27-20-14-23(32)31(24(20)28-21)18-2-3-19-16(12-18)4-6-25-19/h2-7,12-13,15,25H,8-11,14H2,1H3. The molecule has 0 bridgehead atoms. The lowest BCUT2D eigenvalue weighted by Crippen LogP contribution is -2.44. The molecule has 160 valence electrons. The number of hydrogen-bond acceptors (Lipinski definition) is 6. The van der Waals surface area contributed by atoms with Gasteiger partial charge in [0.25, 0.3) is 0 Å². The van der Waals surface area contributed by atoms with E-state index in [1.165, 1.54) is 0 Å². The average Bonchev–Trinajstić information content (AvgIpc) is 3.42. The molecule has 2 aliphatic heterocycles. The molecule has 8 heteroatoms. The highest BCUT2D eigenvalue weighted by molar-refractivity contribution is 6.07. The first kappa shape index (κ1) is 18.9. The minimum atomic E-state index is -0.0140. The molecule has 0 saturated carbocycles. The summed E-state index contributed by atoms with van der Waals surface area (Å²) in [4.78, 5) is 36.4. The number of H-pyrrole nitrogens is 1. The Bertz CT molecular complexity index is 1320. The molecule has 4 aromatic rings. The Balaban J connectivity index is 1.36. The van der Waals surface area contributed by atoms with Crippen molar-refractivity contribution in [3.8, 4) is 11.3 Å².